The third kappa shape index (κ3) is 3.32. The Morgan fingerprint density at radius 3 is 2.19 bits per heavy atom. The van der Waals surface area contributed by atoms with Crippen LogP contribution in [0.1, 0.15) is 11.6 Å². The summed E-state index contributed by atoms with van der Waals surface area (Å²) in [5.41, 5.74) is 3.20. The summed E-state index contributed by atoms with van der Waals surface area (Å²) in [5.74, 6) is -1.34. The van der Waals surface area contributed by atoms with Crippen molar-refractivity contribution in [1.82, 2.24) is 0 Å². The Morgan fingerprint density at radius 2 is 1.53 bits per heavy atom. The van der Waals surface area contributed by atoms with E-state index in [0.29, 0.717) is 10.7 Å². The Balaban J connectivity index is 1.57. The van der Waals surface area contributed by atoms with Crippen molar-refractivity contribution < 1.29 is 14.4 Å². The van der Waals surface area contributed by atoms with Gasteiger partial charge in [-0.3, -0.25) is 14.4 Å². The van der Waals surface area contributed by atoms with Crippen LogP contribution in [0.3, 0.4) is 0 Å². The number of carbonyl (C=O) groups is 2. The Kier molecular flexibility index (Phi) is 5.12. The topological polar surface area (TPSA) is 53.1 Å². The first-order valence-electron chi connectivity index (χ1n) is 10.4. The lowest BCUT2D eigenvalue weighted by Gasteiger charge is -2.29. The molecule has 6 nitrogen and oxygen atoms in total. The van der Waals surface area contributed by atoms with Gasteiger partial charge in [0.2, 0.25) is 5.91 Å². The molecule has 0 bridgehead atoms. The molecule has 0 saturated carbocycles. The second-order valence-corrected chi connectivity index (χ2v) is 8.57. The van der Waals surface area contributed by atoms with Gasteiger partial charge in [0.15, 0.2) is 6.10 Å². The second kappa shape index (κ2) is 7.97. The SMILES string of the molecule is CN(C)c1ccc([C@H]2[C@@H]3C(=O)N(c4cccc(Cl)c4)C(=O)[C@H]3ON2c2ccccc2)cc1. The average molecular weight is 448 g/mol. The van der Waals surface area contributed by atoms with Crippen LogP contribution in [0, 0.1) is 5.92 Å². The third-order valence-corrected chi connectivity index (χ3v) is 6.18. The molecule has 3 aromatic carbocycles. The van der Waals surface area contributed by atoms with Crippen molar-refractivity contribution in [2.75, 3.05) is 29.0 Å². The lowest BCUT2D eigenvalue weighted by Crippen LogP contribution is -2.37. The minimum atomic E-state index is -0.903. The zero-order valence-corrected chi connectivity index (χ0v) is 18.4. The average Bonchev–Trinajstić information content (AvgIpc) is 3.30. The van der Waals surface area contributed by atoms with Crippen LogP contribution in [0.2, 0.25) is 5.02 Å². The highest BCUT2D eigenvalue weighted by Crippen LogP contribution is 2.47. The number of fused-ring (bicyclic) bond motifs is 1. The molecule has 3 atom stereocenters. The molecule has 2 heterocycles. The van der Waals surface area contributed by atoms with Gasteiger partial charge in [-0.05, 0) is 48.0 Å². The molecule has 0 aromatic heterocycles. The van der Waals surface area contributed by atoms with Crippen LogP contribution in [-0.2, 0) is 14.4 Å². The summed E-state index contributed by atoms with van der Waals surface area (Å²) in [6.45, 7) is 0. The van der Waals surface area contributed by atoms with E-state index in [-0.39, 0.29) is 11.8 Å². The van der Waals surface area contributed by atoms with Gasteiger partial charge >= 0.3 is 0 Å². The van der Waals surface area contributed by atoms with Gasteiger partial charge in [-0.15, -0.1) is 0 Å². The van der Waals surface area contributed by atoms with E-state index >= 15 is 0 Å². The van der Waals surface area contributed by atoms with E-state index < -0.39 is 18.1 Å². The molecule has 0 unspecified atom stereocenters. The first-order valence-corrected chi connectivity index (χ1v) is 10.8. The van der Waals surface area contributed by atoms with Gasteiger partial charge in [0, 0.05) is 24.8 Å². The van der Waals surface area contributed by atoms with Gasteiger partial charge in [-0.2, -0.15) is 0 Å². The Labute approximate surface area is 191 Å². The summed E-state index contributed by atoms with van der Waals surface area (Å²) < 4.78 is 0. The molecule has 2 amide bonds. The van der Waals surface area contributed by atoms with Gasteiger partial charge in [-0.1, -0.05) is 48.0 Å². The summed E-state index contributed by atoms with van der Waals surface area (Å²) in [5, 5.41) is 2.16. The van der Waals surface area contributed by atoms with E-state index in [1.165, 1.54) is 4.90 Å². The van der Waals surface area contributed by atoms with Crippen LogP contribution >= 0.6 is 11.6 Å². The lowest BCUT2D eigenvalue weighted by molar-refractivity contribution is -0.126. The number of rotatable bonds is 4. The molecule has 2 fully saturated rings. The highest BCUT2D eigenvalue weighted by Gasteiger charge is 2.60. The summed E-state index contributed by atoms with van der Waals surface area (Å²) in [4.78, 5) is 36.3. The van der Waals surface area contributed by atoms with Crippen LogP contribution in [0.5, 0.6) is 0 Å². The fraction of sp³-hybridized carbons (Fsp3) is 0.200. The first kappa shape index (κ1) is 20.5. The van der Waals surface area contributed by atoms with Crippen molar-refractivity contribution in [1.29, 1.82) is 0 Å². The number of para-hydroxylation sites is 1. The van der Waals surface area contributed by atoms with Crippen molar-refractivity contribution in [3.05, 3.63) is 89.4 Å². The molecule has 2 saturated heterocycles. The Bertz CT molecular complexity index is 1170. The molecule has 0 radical (unpaired) electrons. The molecule has 3 aromatic rings. The number of amides is 2. The minimum Gasteiger partial charge on any atom is -0.378 e. The van der Waals surface area contributed by atoms with Gasteiger partial charge < -0.3 is 4.90 Å². The predicted molar refractivity (Wildman–Crippen MR) is 125 cm³/mol. The largest absolute Gasteiger partial charge is 0.378 e. The van der Waals surface area contributed by atoms with Crippen molar-refractivity contribution in [3.63, 3.8) is 0 Å². The van der Waals surface area contributed by atoms with Crippen LogP contribution in [-0.4, -0.2) is 32.0 Å². The lowest BCUT2D eigenvalue weighted by atomic mass is 9.90. The number of hydrogen-bond donors (Lipinski definition) is 0. The van der Waals surface area contributed by atoms with E-state index in [2.05, 4.69) is 0 Å². The molecular weight excluding hydrogens is 426 g/mol. The number of carbonyl (C=O) groups excluding carboxylic acids is 2. The zero-order chi connectivity index (χ0) is 22.4. The van der Waals surface area contributed by atoms with Gasteiger partial charge in [-0.25, -0.2) is 9.96 Å². The quantitative estimate of drug-likeness (QED) is 0.553. The number of anilines is 3. The van der Waals surface area contributed by atoms with Crippen molar-refractivity contribution in [3.8, 4) is 0 Å². The Hall–Kier alpha value is -3.35. The predicted octanol–water partition coefficient (Wildman–Crippen LogP) is 4.46. The number of hydrogen-bond acceptors (Lipinski definition) is 5. The summed E-state index contributed by atoms with van der Waals surface area (Å²) in [7, 11) is 3.95. The molecule has 162 valence electrons. The van der Waals surface area contributed by atoms with Gasteiger partial charge in [0.05, 0.1) is 17.4 Å². The maximum absolute atomic E-state index is 13.6. The number of imide groups is 1. The van der Waals surface area contributed by atoms with E-state index in [4.69, 9.17) is 16.4 Å². The fourth-order valence-corrected chi connectivity index (χ4v) is 4.58. The van der Waals surface area contributed by atoms with Crippen LogP contribution in [0.25, 0.3) is 0 Å². The van der Waals surface area contributed by atoms with Crippen LogP contribution in [0.4, 0.5) is 17.1 Å². The monoisotopic (exact) mass is 447 g/mol. The van der Waals surface area contributed by atoms with Gasteiger partial charge in [0.25, 0.3) is 5.91 Å². The Morgan fingerprint density at radius 1 is 0.844 bits per heavy atom. The summed E-state index contributed by atoms with van der Waals surface area (Å²) in [6, 6.07) is 23.8. The highest BCUT2D eigenvalue weighted by atomic mass is 35.5. The molecule has 2 aliphatic heterocycles. The maximum atomic E-state index is 13.6. The van der Waals surface area contributed by atoms with Crippen molar-refractivity contribution >= 4 is 40.5 Å². The zero-order valence-electron chi connectivity index (χ0n) is 17.7. The summed E-state index contributed by atoms with van der Waals surface area (Å²) in [6.07, 6.45) is -0.903. The summed E-state index contributed by atoms with van der Waals surface area (Å²) >= 11 is 6.11. The minimum absolute atomic E-state index is 0.289. The second-order valence-electron chi connectivity index (χ2n) is 8.14. The molecule has 0 aliphatic carbocycles. The number of hydroxylamine groups is 1. The molecule has 2 aliphatic rings. The fourth-order valence-electron chi connectivity index (χ4n) is 4.39. The smallest absolute Gasteiger partial charge is 0.266 e. The standard InChI is InChI=1S/C25H22ClN3O3/c1-27(2)18-13-11-16(12-14-18)22-21-23(32-29(22)19-8-4-3-5-9-19)25(31)28(24(21)30)20-10-6-7-17(26)15-20/h3-15,21-23H,1-2H3/t21-,22-,23-/m0/s1. The van der Waals surface area contributed by atoms with Crippen LogP contribution in [0.15, 0.2) is 78.9 Å². The third-order valence-electron chi connectivity index (χ3n) is 5.94. The van der Waals surface area contributed by atoms with Gasteiger partial charge in [0.1, 0.15) is 5.92 Å². The molecule has 0 spiro atoms. The van der Waals surface area contributed by atoms with E-state index in [9.17, 15) is 9.59 Å². The first-order chi connectivity index (χ1) is 15.5. The molecule has 7 heteroatoms. The number of benzene rings is 3. The number of halogens is 1. The molecule has 32 heavy (non-hydrogen) atoms. The molecule has 5 rings (SSSR count). The van der Waals surface area contributed by atoms with Crippen molar-refractivity contribution in [2.24, 2.45) is 5.92 Å². The van der Waals surface area contributed by atoms with E-state index in [1.807, 2.05) is 73.6 Å². The van der Waals surface area contributed by atoms with E-state index in [0.717, 1.165) is 16.9 Å². The highest BCUT2D eigenvalue weighted by molar-refractivity contribution is 6.31. The van der Waals surface area contributed by atoms with E-state index in [1.54, 1.807) is 29.3 Å². The normalized spacial score (nSPS) is 22.4. The molecule has 0 N–H and O–H groups in total. The van der Waals surface area contributed by atoms with Crippen LogP contribution < -0.4 is 14.9 Å². The van der Waals surface area contributed by atoms with Crippen molar-refractivity contribution in [2.45, 2.75) is 12.1 Å². The molecular formula is C25H22ClN3O3. The maximum Gasteiger partial charge on any atom is 0.266 e. The number of nitrogens with zero attached hydrogens (tertiary/aromatic N) is 3.